The van der Waals surface area contributed by atoms with Gasteiger partial charge in [0.25, 0.3) is 5.56 Å². The highest BCUT2D eigenvalue weighted by atomic mass is 16.5. The molecule has 2 N–H and O–H groups in total. The van der Waals surface area contributed by atoms with Crippen molar-refractivity contribution in [2.24, 2.45) is 11.8 Å². The van der Waals surface area contributed by atoms with Crippen LogP contribution in [-0.2, 0) is 14.3 Å². The van der Waals surface area contributed by atoms with E-state index in [1.54, 1.807) is 24.0 Å². The van der Waals surface area contributed by atoms with Crippen LogP contribution in [0.25, 0.3) is 0 Å². The molecule has 3 heterocycles. The average molecular weight is 512 g/mol. The zero-order valence-electron chi connectivity index (χ0n) is 21.1. The number of H-pyrrole nitrogens is 1. The summed E-state index contributed by atoms with van der Waals surface area (Å²) in [6.07, 6.45) is 1.38. The Bertz CT molecular complexity index is 1280. The molecule has 196 valence electrons. The Morgan fingerprint density at radius 1 is 1.19 bits per heavy atom. The summed E-state index contributed by atoms with van der Waals surface area (Å²) in [7, 11) is 4.37. The maximum atomic E-state index is 13.5. The van der Waals surface area contributed by atoms with E-state index in [4.69, 9.17) is 18.9 Å². The van der Waals surface area contributed by atoms with Gasteiger partial charge in [-0.25, -0.2) is 0 Å². The third kappa shape index (κ3) is 4.76. The summed E-state index contributed by atoms with van der Waals surface area (Å²) in [5.74, 6) is -2.09. The van der Waals surface area contributed by atoms with Gasteiger partial charge >= 0.3 is 5.97 Å². The highest BCUT2D eigenvalue weighted by Crippen LogP contribution is 2.45. The Labute approximate surface area is 213 Å². The minimum atomic E-state index is -1.20. The third-order valence-corrected chi connectivity index (χ3v) is 6.64. The number of fused-ring (bicyclic) bond motifs is 1. The number of nitrogens with zero attached hydrogens (tertiary/aromatic N) is 3. The number of anilines is 2. The number of esters is 1. The van der Waals surface area contributed by atoms with Crippen LogP contribution in [0.3, 0.4) is 0 Å². The van der Waals surface area contributed by atoms with Gasteiger partial charge in [-0.1, -0.05) is 0 Å². The van der Waals surface area contributed by atoms with Crippen LogP contribution in [0, 0.1) is 23.2 Å². The quantitative estimate of drug-likeness (QED) is 0.526. The number of aromatic amines is 1. The van der Waals surface area contributed by atoms with Crippen LogP contribution in [0.15, 0.2) is 16.9 Å². The Morgan fingerprint density at radius 2 is 1.89 bits per heavy atom. The standard InChI is InChI=1S/C25H29N5O7/c1-5-37-24(33)13-7-6-8-30(12-13)25-28-21-19(23(32)29-25)18(15(11-26)22(31)27-21)14-9-16(34-2)20(36-4)17(10-14)35-3/h9-10,13,15,18H,5-8,12H2,1-4H3,(H2,27,28,29,31,32). The Morgan fingerprint density at radius 3 is 2.49 bits per heavy atom. The maximum absolute atomic E-state index is 13.5. The molecule has 1 amide bonds. The number of methoxy groups -OCH3 is 3. The first-order chi connectivity index (χ1) is 17.9. The topological polar surface area (TPSA) is 156 Å². The number of aromatic nitrogens is 2. The fourth-order valence-corrected chi connectivity index (χ4v) is 4.91. The summed E-state index contributed by atoms with van der Waals surface area (Å²) < 4.78 is 21.4. The molecule has 3 unspecified atom stereocenters. The zero-order valence-corrected chi connectivity index (χ0v) is 21.1. The smallest absolute Gasteiger partial charge is 0.310 e. The fourth-order valence-electron chi connectivity index (χ4n) is 4.91. The molecule has 3 atom stereocenters. The molecule has 4 rings (SSSR count). The van der Waals surface area contributed by atoms with Gasteiger partial charge in [0.2, 0.25) is 17.6 Å². The molecule has 0 aliphatic carbocycles. The summed E-state index contributed by atoms with van der Waals surface area (Å²) in [5.41, 5.74) is 0.0953. The van der Waals surface area contributed by atoms with Crippen molar-refractivity contribution in [3.63, 3.8) is 0 Å². The predicted molar refractivity (Wildman–Crippen MR) is 132 cm³/mol. The minimum absolute atomic E-state index is 0.0623. The first-order valence-electron chi connectivity index (χ1n) is 11.9. The van der Waals surface area contributed by atoms with E-state index >= 15 is 0 Å². The number of amides is 1. The van der Waals surface area contributed by atoms with Crippen LogP contribution >= 0.6 is 0 Å². The van der Waals surface area contributed by atoms with Crippen molar-refractivity contribution in [1.82, 2.24) is 9.97 Å². The molecule has 0 saturated carbocycles. The lowest BCUT2D eigenvalue weighted by Gasteiger charge is -2.33. The van der Waals surface area contributed by atoms with E-state index in [9.17, 15) is 19.6 Å². The highest BCUT2D eigenvalue weighted by molar-refractivity contribution is 5.98. The third-order valence-electron chi connectivity index (χ3n) is 6.64. The summed E-state index contributed by atoms with van der Waals surface area (Å²) in [4.78, 5) is 47.8. The molecule has 0 radical (unpaired) electrons. The Hall–Kier alpha value is -4.27. The SMILES string of the molecule is CCOC(=O)C1CCCN(c2nc3c(c(=O)[nH]2)C(c2cc(OC)c(OC)c(OC)c2)C(C#N)C(=O)N3)C1. The summed E-state index contributed by atoms with van der Waals surface area (Å²) in [6, 6.07) is 5.24. The number of carbonyl (C=O) groups is 2. The lowest BCUT2D eigenvalue weighted by molar-refractivity contribution is -0.148. The molecule has 0 bridgehead atoms. The summed E-state index contributed by atoms with van der Waals surface area (Å²) in [5, 5.41) is 12.5. The van der Waals surface area contributed by atoms with E-state index in [1.165, 1.54) is 21.3 Å². The lowest BCUT2D eigenvalue weighted by atomic mass is 9.79. The monoisotopic (exact) mass is 511 g/mol. The molecular formula is C25H29N5O7. The normalized spacial score (nSPS) is 20.8. The van der Waals surface area contributed by atoms with Gasteiger partial charge in [0.05, 0.1) is 45.5 Å². The number of piperidine rings is 1. The van der Waals surface area contributed by atoms with Crippen LogP contribution in [0.1, 0.15) is 36.8 Å². The van der Waals surface area contributed by atoms with Crippen LogP contribution in [-0.4, -0.2) is 62.9 Å². The van der Waals surface area contributed by atoms with Crippen LogP contribution in [0.5, 0.6) is 17.2 Å². The Balaban J connectivity index is 1.79. The molecule has 1 aromatic heterocycles. The maximum Gasteiger partial charge on any atom is 0.310 e. The van der Waals surface area contributed by atoms with Gasteiger partial charge in [0.15, 0.2) is 11.5 Å². The number of nitrogens with one attached hydrogen (secondary N) is 2. The average Bonchev–Trinajstić information content (AvgIpc) is 2.91. The number of hydrogen-bond acceptors (Lipinski definition) is 10. The fraction of sp³-hybridized carbons (Fsp3) is 0.480. The number of nitriles is 1. The van der Waals surface area contributed by atoms with Crippen molar-refractivity contribution < 1.29 is 28.5 Å². The van der Waals surface area contributed by atoms with Gasteiger partial charge in [-0.15, -0.1) is 0 Å². The van der Waals surface area contributed by atoms with Gasteiger partial charge in [0, 0.05) is 19.0 Å². The zero-order chi connectivity index (χ0) is 26.7. The second-order valence-corrected chi connectivity index (χ2v) is 8.72. The highest BCUT2D eigenvalue weighted by Gasteiger charge is 2.41. The first-order valence-corrected chi connectivity index (χ1v) is 11.9. The van der Waals surface area contributed by atoms with E-state index in [-0.39, 0.29) is 35.8 Å². The lowest BCUT2D eigenvalue weighted by Crippen LogP contribution is -2.43. The largest absolute Gasteiger partial charge is 0.493 e. The molecule has 1 fully saturated rings. The molecule has 12 heteroatoms. The molecule has 2 aromatic rings. The van der Waals surface area contributed by atoms with Crippen molar-refractivity contribution >= 4 is 23.6 Å². The predicted octanol–water partition coefficient (Wildman–Crippen LogP) is 1.80. The van der Waals surface area contributed by atoms with Gasteiger partial charge in [0.1, 0.15) is 11.7 Å². The van der Waals surface area contributed by atoms with Crippen LogP contribution in [0.4, 0.5) is 11.8 Å². The van der Waals surface area contributed by atoms with Gasteiger partial charge < -0.3 is 29.2 Å². The molecule has 12 nitrogen and oxygen atoms in total. The van der Waals surface area contributed by atoms with Crippen molar-refractivity contribution in [3.8, 4) is 23.3 Å². The number of hydrogen-bond donors (Lipinski definition) is 2. The van der Waals surface area contributed by atoms with Crippen LogP contribution in [0.2, 0.25) is 0 Å². The summed E-state index contributed by atoms with van der Waals surface area (Å²) >= 11 is 0. The van der Waals surface area contributed by atoms with Gasteiger partial charge in [-0.2, -0.15) is 10.2 Å². The number of benzene rings is 1. The van der Waals surface area contributed by atoms with Gasteiger partial charge in [-0.05, 0) is 37.5 Å². The molecule has 2 aliphatic heterocycles. The Kier molecular flexibility index (Phi) is 7.52. The number of carbonyl (C=O) groups excluding carboxylic acids is 2. The van der Waals surface area contributed by atoms with Crippen molar-refractivity contribution in [2.75, 3.05) is 51.2 Å². The number of ether oxygens (including phenoxy) is 4. The van der Waals surface area contributed by atoms with Crippen LogP contribution < -0.4 is 30.0 Å². The van der Waals surface area contributed by atoms with Crippen molar-refractivity contribution in [2.45, 2.75) is 25.7 Å². The van der Waals surface area contributed by atoms with E-state index < -0.39 is 23.3 Å². The molecule has 1 aromatic carbocycles. The molecule has 2 aliphatic rings. The minimum Gasteiger partial charge on any atom is -0.493 e. The molecule has 37 heavy (non-hydrogen) atoms. The van der Waals surface area contributed by atoms with E-state index in [1.807, 2.05) is 6.07 Å². The van der Waals surface area contributed by atoms with E-state index in [0.717, 1.165) is 0 Å². The van der Waals surface area contributed by atoms with Crippen molar-refractivity contribution in [3.05, 3.63) is 33.6 Å². The first kappa shape index (κ1) is 25.8. The molecule has 0 spiro atoms. The van der Waals surface area contributed by atoms with E-state index in [0.29, 0.717) is 48.7 Å². The van der Waals surface area contributed by atoms with E-state index in [2.05, 4.69) is 15.3 Å². The second-order valence-electron chi connectivity index (χ2n) is 8.72. The van der Waals surface area contributed by atoms with Crippen molar-refractivity contribution in [1.29, 1.82) is 5.26 Å². The summed E-state index contributed by atoms with van der Waals surface area (Å²) in [6.45, 7) is 2.94. The molecule has 1 saturated heterocycles. The molecular weight excluding hydrogens is 482 g/mol. The number of rotatable bonds is 7. The second kappa shape index (κ2) is 10.8. The van der Waals surface area contributed by atoms with Gasteiger partial charge in [-0.3, -0.25) is 19.4 Å².